The number of guanidine groups is 1. The summed E-state index contributed by atoms with van der Waals surface area (Å²) in [6.45, 7) is 7.44. The minimum atomic E-state index is -0.0636. The SMILES string of the molecule is CN=C(NCCCOC(C)c1ccccc1)NCC1(C)CCCO1. The van der Waals surface area contributed by atoms with Crippen molar-refractivity contribution in [3.8, 4) is 0 Å². The van der Waals surface area contributed by atoms with Crippen LogP contribution >= 0.6 is 0 Å². The molecular weight excluding hydrogens is 302 g/mol. The monoisotopic (exact) mass is 333 g/mol. The van der Waals surface area contributed by atoms with Gasteiger partial charge in [-0.25, -0.2) is 0 Å². The van der Waals surface area contributed by atoms with Crippen LogP contribution < -0.4 is 10.6 Å². The van der Waals surface area contributed by atoms with Crippen molar-refractivity contribution in [2.24, 2.45) is 4.99 Å². The van der Waals surface area contributed by atoms with Crippen LogP contribution in [0.25, 0.3) is 0 Å². The lowest BCUT2D eigenvalue weighted by molar-refractivity contribution is 0.0242. The molecule has 1 fully saturated rings. The van der Waals surface area contributed by atoms with Crippen molar-refractivity contribution < 1.29 is 9.47 Å². The van der Waals surface area contributed by atoms with Gasteiger partial charge in [0.25, 0.3) is 0 Å². The van der Waals surface area contributed by atoms with Crippen molar-refractivity contribution in [3.05, 3.63) is 35.9 Å². The third-order valence-electron chi connectivity index (χ3n) is 4.40. The van der Waals surface area contributed by atoms with E-state index in [4.69, 9.17) is 9.47 Å². The zero-order valence-electron chi connectivity index (χ0n) is 15.2. The van der Waals surface area contributed by atoms with Crippen LogP contribution in [0, 0.1) is 0 Å². The molecule has 1 aromatic rings. The Kier molecular flexibility index (Phi) is 7.53. The Morgan fingerprint density at radius 3 is 2.79 bits per heavy atom. The first kappa shape index (κ1) is 18.7. The van der Waals surface area contributed by atoms with Gasteiger partial charge in [0.05, 0.1) is 11.7 Å². The van der Waals surface area contributed by atoms with Gasteiger partial charge in [-0.1, -0.05) is 30.3 Å². The van der Waals surface area contributed by atoms with Crippen LogP contribution in [0.2, 0.25) is 0 Å². The number of benzene rings is 1. The summed E-state index contributed by atoms with van der Waals surface area (Å²) in [5, 5.41) is 6.68. The molecule has 2 rings (SSSR count). The predicted octanol–water partition coefficient (Wildman–Crippen LogP) is 2.89. The molecule has 5 heteroatoms. The number of aliphatic imine (C=N–C) groups is 1. The van der Waals surface area contributed by atoms with Gasteiger partial charge >= 0.3 is 0 Å². The van der Waals surface area contributed by atoms with Crippen LogP contribution in [0.1, 0.15) is 44.8 Å². The molecule has 1 saturated heterocycles. The highest BCUT2D eigenvalue weighted by molar-refractivity contribution is 5.79. The van der Waals surface area contributed by atoms with E-state index in [1.54, 1.807) is 7.05 Å². The largest absolute Gasteiger partial charge is 0.374 e. The molecule has 1 aromatic carbocycles. The van der Waals surface area contributed by atoms with Crippen molar-refractivity contribution >= 4 is 5.96 Å². The standard InChI is InChI=1S/C19H31N3O2/c1-16(17-9-5-4-6-10-17)23-13-8-12-21-18(20-3)22-15-19(2)11-7-14-24-19/h4-6,9-10,16H,7-8,11-15H2,1-3H3,(H2,20,21,22). The normalized spacial score (nSPS) is 22.4. The Balaban J connectivity index is 1.58. The number of nitrogens with zero attached hydrogens (tertiary/aromatic N) is 1. The van der Waals surface area contributed by atoms with Crippen LogP contribution in [0.15, 0.2) is 35.3 Å². The van der Waals surface area contributed by atoms with Gasteiger partial charge in [-0.3, -0.25) is 4.99 Å². The van der Waals surface area contributed by atoms with Gasteiger partial charge in [0.1, 0.15) is 0 Å². The molecule has 0 aromatic heterocycles. The first-order chi connectivity index (χ1) is 11.6. The average Bonchev–Trinajstić information content (AvgIpc) is 3.04. The number of nitrogens with one attached hydrogen (secondary N) is 2. The summed E-state index contributed by atoms with van der Waals surface area (Å²) < 4.78 is 11.7. The van der Waals surface area contributed by atoms with Gasteiger partial charge < -0.3 is 20.1 Å². The van der Waals surface area contributed by atoms with Gasteiger partial charge in [0.15, 0.2) is 5.96 Å². The van der Waals surface area contributed by atoms with Crippen molar-refractivity contribution in [1.82, 2.24) is 10.6 Å². The molecular formula is C19H31N3O2. The zero-order valence-corrected chi connectivity index (χ0v) is 15.2. The predicted molar refractivity (Wildman–Crippen MR) is 98.4 cm³/mol. The third-order valence-corrected chi connectivity index (χ3v) is 4.40. The summed E-state index contributed by atoms with van der Waals surface area (Å²) in [5.74, 6) is 0.822. The van der Waals surface area contributed by atoms with Crippen LogP contribution in [-0.4, -0.2) is 44.9 Å². The summed E-state index contributed by atoms with van der Waals surface area (Å²) in [4.78, 5) is 4.26. The molecule has 2 N–H and O–H groups in total. The summed E-state index contributed by atoms with van der Waals surface area (Å²) in [6.07, 6.45) is 3.30. The molecule has 134 valence electrons. The van der Waals surface area contributed by atoms with Gasteiger partial charge in [-0.2, -0.15) is 0 Å². The molecule has 1 heterocycles. The molecule has 0 amide bonds. The van der Waals surface area contributed by atoms with Crippen LogP contribution in [-0.2, 0) is 9.47 Å². The first-order valence-corrected chi connectivity index (χ1v) is 8.88. The Hall–Kier alpha value is -1.59. The molecule has 0 radical (unpaired) electrons. The Morgan fingerprint density at radius 2 is 2.12 bits per heavy atom. The van der Waals surface area contributed by atoms with Crippen molar-refractivity contribution in [2.45, 2.75) is 44.8 Å². The Morgan fingerprint density at radius 1 is 1.33 bits per heavy atom. The van der Waals surface area contributed by atoms with E-state index in [2.05, 4.69) is 41.6 Å². The Bertz CT molecular complexity index is 499. The van der Waals surface area contributed by atoms with Gasteiger partial charge in [-0.15, -0.1) is 0 Å². The molecule has 24 heavy (non-hydrogen) atoms. The second-order valence-electron chi connectivity index (χ2n) is 6.53. The molecule has 0 saturated carbocycles. The second kappa shape index (κ2) is 9.64. The summed E-state index contributed by atoms with van der Waals surface area (Å²) in [7, 11) is 1.79. The fraction of sp³-hybridized carbons (Fsp3) is 0.632. The number of rotatable bonds is 8. The lowest BCUT2D eigenvalue weighted by Gasteiger charge is -2.24. The maximum atomic E-state index is 5.88. The quantitative estimate of drug-likeness (QED) is 0.436. The lowest BCUT2D eigenvalue weighted by atomic mass is 10.0. The Labute approximate surface area is 145 Å². The summed E-state index contributed by atoms with van der Waals surface area (Å²) >= 11 is 0. The number of hydrogen-bond donors (Lipinski definition) is 2. The molecule has 0 bridgehead atoms. The van der Waals surface area contributed by atoms with Gasteiger partial charge in [0.2, 0.25) is 0 Å². The fourth-order valence-corrected chi connectivity index (χ4v) is 2.83. The van der Waals surface area contributed by atoms with E-state index in [0.717, 1.165) is 51.5 Å². The maximum absolute atomic E-state index is 5.88. The molecule has 5 nitrogen and oxygen atoms in total. The smallest absolute Gasteiger partial charge is 0.191 e. The second-order valence-corrected chi connectivity index (χ2v) is 6.53. The molecule has 0 spiro atoms. The maximum Gasteiger partial charge on any atom is 0.191 e. The molecule has 0 aliphatic carbocycles. The van der Waals surface area contributed by atoms with Crippen LogP contribution in [0.4, 0.5) is 0 Å². The van der Waals surface area contributed by atoms with E-state index >= 15 is 0 Å². The van der Waals surface area contributed by atoms with Crippen LogP contribution in [0.5, 0.6) is 0 Å². The van der Waals surface area contributed by atoms with E-state index in [-0.39, 0.29) is 11.7 Å². The average molecular weight is 333 g/mol. The van der Waals surface area contributed by atoms with Crippen LogP contribution in [0.3, 0.4) is 0 Å². The summed E-state index contributed by atoms with van der Waals surface area (Å²) in [6, 6.07) is 10.3. The minimum absolute atomic E-state index is 0.0636. The first-order valence-electron chi connectivity index (χ1n) is 8.88. The summed E-state index contributed by atoms with van der Waals surface area (Å²) in [5.41, 5.74) is 1.15. The number of ether oxygens (including phenoxy) is 2. The van der Waals surface area contributed by atoms with Crippen molar-refractivity contribution in [3.63, 3.8) is 0 Å². The molecule has 2 atom stereocenters. The van der Waals surface area contributed by atoms with Gasteiger partial charge in [0, 0.05) is 33.4 Å². The van der Waals surface area contributed by atoms with Crippen molar-refractivity contribution in [1.29, 1.82) is 0 Å². The zero-order chi connectivity index (χ0) is 17.3. The highest BCUT2D eigenvalue weighted by Gasteiger charge is 2.29. The van der Waals surface area contributed by atoms with Crippen molar-refractivity contribution in [2.75, 3.05) is 33.4 Å². The van der Waals surface area contributed by atoms with E-state index in [1.807, 2.05) is 18.2 Å². The van der Waals surface area contributed by atoms with E-state index in [9.17, 15) is 0 Å². The molecule has 1 aliphatic heterocycles. The van der Waals surface area contributed by atoms with E-state index in [1.165, 1.54) is 5.56 Å². The highest BCUT2D eigenvalue weighted by atomic mass is 16.5. The highest BCUT2D eigenvalue weighted by Crippen LogP contribution is 2.23. The number of hydrogen-bond acceptors (Lipinski definition) is 3. The third kappa shape index (κ3) is 6.13. The van der Waals surface area contributed by atoms with Gasteiger partial charge in [-0.05, 0) is 38.7 Å². The topological polar surface area (TPSA) is 54.9 Å². The van der Waals surface area contributed by atoms with E-state index < -0.39 is 0 Å². The lowest BCUT2D eigenvalue weighted by Crippen LogP contribution is -2.45. The van der Waals surface area contributed by atoms with E-state index in [0.29, 0.717) is 0 Å². The molecule has 1 aliphatic rings. The molecule has 2 unspecified atom stereocenters. The minimum Gasteiger partial charge on any atom is -0.374 e. The fourth-order valence-electron chi connectivity index (χ4n) is 2.83.